The topological polar surface area (TPSA) is 145 Å². The van der Waals surface area contributed by atoms with Crippen LogP contribution in [0.2, 0.25) is 0 Å². The lowest BCUT2D eigenvalue weighted by Gasteiger charge is -2.09. The second-order valence-electron chi connectivity index (χ2n) is 5.93. The van der Waals surface area contributed by atoms with Crippen LogP contribution in [0.4, 0.5) is 17.1 Å². The molecule has 0 aromatic heterocycles. The highest BCUT2D eigenvalue weighted by Crippen LogP contribution is 2.38. The lowest BCUT2D eigenvalue weighted by atomic mass is 10.0. The molecule has 0 amide bonds. The first kappa shape index (κ1) is 18.0. The van der Waals surface area contributed by atoms with Gasteiger partial charge in [-0.2, -0.15) is 8.42 Å². The molecule has 3 aromatic carbocycles. The molecule has 26 heavy (non-hydrogen) atoms. The minimum absolute atomic E-state index is 0.0346. The molecule has 136 valence electrons. The number of nitrogens with two attached hydrogens (primary N) is 3. The van der Waals surface area contributed by atoms with Crippen molar-refractivity contribution >= 4 is 38.0 Å². The van der Waals surface area contributed by atoms with E-state index >= 15 is 0 Å². The number of hydrogen-bond donors (Lipinski definition) is 4. The van der Waals surface area contributed by atoms with Gasteiger partial charge >= 0.3 is 0 Å². The number of fused-ring (bicyclic) bond motifs is 1. The van der Waals surface area contributed by atoms with Crippen molar-refractivity contribution in [2.24, 2.45) is 0 Å². The maximum absolute atomic E-state index is 11.3. The molecule has 4 rings (SSSR count). The minimum Gasteiger partial charge on any atom is -0.399 e. The molecule has 7 N–H and O–H groups in total. The molecule has 0 bridgehead atoms. The van der Waals surface area contributed by atoms with Gasteiger partial charge in [-0.05, 0) is 53.4 Å². The fraction of sp³-hybridized carbons (Fsp3) is 0.111. The van der Waals surface area contributed by atoms with Crippen LogP contribution in [-0.2, 0) is 14.9 Å². The fourth-order valence-electron chi connectivity index (χ4n) is 2.63. The Hall–Kier alpha value is -2.81. The Balaban J connectivity index is 0.000000206. The first-order valence-corrected chi connectivity index (χ1v) is 9.22. The zero-order chi connectivity index (χ0) is 18.9. The first-order chi connectivity index (χ1) is 12.3. The van der Waals surface area contributed by atoms with E-state index in [1.807, 2.05) is 0 Å². The third kappa shape index (κ3) is 4.05. The molecular weight excluding hydrogens is 354 g/mol. The molecule has 3 aromatic rings. The third-order valence-electron chi connectivity index (χ3n) is 3.90. The van der Waals surface area contributed by atoms with Gasteiger partial charge in [-0.15, -0.1) is 0 Å². The molecule has 0 aliphatic carbocycles. The summed E-state index contributed by atoms with van der Waals surface area (Å²) in [7, 11) is -4.26. The summed E-state index contributed by atoms with van der Waals surface area (Å²) in [6, 6.07) is 15.1. The van der Waals surface area contributed by atoms with Crippen molar-refractivity contribution in [3.05, 3.63) is 60.2 Å². The van der Waals surface area contributed by atoms with E-state index in [0.717, 1.165) is 22.3 Å². The Morgan fingerprint density at radius 1 is 0.885 bits per heavy atom. The van der Waals surface area contributed by atoms with Gasteiger partial charge in [-0.25, -0.2) is 0 Å². The van der Waals surface area contributed by atoms with Crippen LogP contribution < -0.4 is 17.2 Å². The Kier molecular flexibility index (Phi) is 4.73. The molecule has 0 spiro atoms. The van der Waals surface area contributed by atoms with E-state index in [9.17, 15) is 13.0 Å². The molecule has 7 nitrogen and oxygen atoms in total. The zero-order valence-corrected chi connectivity index (χ0v) is 14.6. The van der Waals surface area contributed by atoms with Crippen LogP contribution in [0, 0.1) is 0 Å². The van der Waals surface area contributed by atoms with Gasteiger partial charge in [-0.1, -0.05) is 12.1 Å². The minimum atomic E-state index is -4.26. The Morgan fingerprint density at radius 2 is 1.46 bits per heavy atom. The highest BCUT2D eigenvalue weighted by atomic mass is 32.2. The predicted octanol–water partition coefficient (Wildman–Crippen LogP) is 2.59. The summed E-state index contributed by atoms with van der Waals surface area (Å²) < 4.78 is 37.1. The van der Waals surface area contributed by atoms with E-state index in [2.05, 4.69) is 0 Å². The summed E-state index contributed by atoms with van der Waals surface area (Å²) in [5.41, 5.74) is 19.3. The summed E-state index contributed by atoms with van der Waals surface area (Å²) in [5, 5.41) is 1.16. The lowest BCUT2D eigenvalue weighted by molar-refractivity contribution is 0.417. The molecule has 1 aliphatic heterocycles. The standard InChI is InChI=1S/C12H11NO4S.C6H8N2/c13-7-4-9(11-6-17-11)8-2-1-3-12(10(8)5-7)18(14,15)16;7-5-1-2-6(8)4-3-5/h1-5,11H,6,13H2,(H,14,15,16);1-4H,7-8H2. The normalized spacial score (nSPS) is 16.0. The predicted molar refractivity (Wildman–Crippen MR) is 102 cm³/mol. The summed E-state index contributed by atoms with van der Waals surface area (Å²) in [6.07, 6.45) is -0.0346. The molecule has 8 heteroatoms. The van der Waals surface area contributed by atoms with E-state index in [1.165, 1.54) is 6.07 Å². The maximum atomic E-state index is 11.3. The van der Waals surface area contributed by atoms with Gasteiger partial charge in [0, 0.05) is 22.4 Å². The van der Waals surface area contributed by atoms with Crippen molar-refractivity contribution in [1.82, 2.24) is 0 Å². The van der Waals surface area contributed by atoms with Crippen molar-refractivity contribution in [1.29, 1.82) is 0 Å². The van der Waals surface area contributed by atoms with E-state index < -0.39 is 10.1 Å². The summed E-state index contributed by atoms with van der Waals surface area (Å²) in [5.74, 6) is 0. The molecule has 1 heterocycles. The SMILES string of the molecule is Nc1cc(C2CO2)c2cccc(S(=O)(=O)O)c2c1.Nc1ccc(N)cc1. The number of nitrogen functional groups attached to an aromatic ring is 3. The molecule has 1 fully saturated rings. The van der Waals surface area contributed by atoms with Crippen LogP contribution in [0.3, 0.4) is 0 Å². The number of hydrogen-bond acceptors (Lipinski definition) is 6. The second-order valence-corrected chi connectivity index (χ2v) is 7.32. The van der Waals surface area contributed by atoms with Gasteiger partial charge in [0.15, 0.2) is 0 Å². The monoisotopic (exact) mass is 373 g/mol. The van der Waals surface area contributed by atoms with Crippen LogP contribution in [-0.4, -0.2) is 19.6 Å². The average Bonchev–Trinajstić information content (AvgIpc) is 3.41. The van der Waals surface area contributed by atoms with Crippen molar-refractivity contribution in [2.45, 2.75) is 11.0 Å². The summed E-state index contributed by atoms with van der Waals surface area (Å²) in [6.45, 7) is 0.606. The third-order valence-corrected chi connectivity index (χ3v) is 4.82. The first-order valence-electron chi connectivity index (χ1n) is 7.78. The van der Waals surface area contributed by atoms with Gasteiger partial charge in [0.05, 0.1) is 6.61 Å². The Labute approximate surface area is 151 Å². The zero-order valence-electron chi connectivity index (χ0n) is 13.8. The van der Waals surface area contributed by atoms with Crippen LogP contribution in [0.25, 0.3) is 10.8 Å². The molecule has 1 unspecified atom stereocenters. The number of anilines is 3. The van der Waals surface area contributed by atoms with Crippen LogP contribution >= 0.6 is 0 Å². The van der Waals surface area contributed by atoms with Gasteiger partial charge < -0.3 is 21.9 Å². The maximum Gasteiger partial charge on any atom is 0.295 e. The van der Waals surface area contributed by atoms with E-state index in [0.29, 0.717) is 17.7 Å². The Morgan fingerprint density at radius 3 is 1.96 bits per heavy atom. The van der Waals surface area contributed by atoms with E-state index in [4.69, 9.17) is 21.9 Å². The van der Waals surface area contributed by atoms with Crippen molar-refractivity contribution in [3.8, 4) is 0 Å². The molecule has 0 saturated carbocycles. The number of benzene rings is 3. The number of ether oxygens (including phenoxy) is 1. The van der Waals surface area contributed by atoms with Crippen LogP contribution in [0.1, 0.15) is 11.7 Å². The van der Waals surface area contributed by atoms with Gasteiger partial charge in [0.25, 0.3) is 10.1 Å². The van der Waals surface area contributed by atoms with Gasteiger partial charge in [0.2, 0.25) is 0 Å². The largest absolute Gasteiger partial charge is 0.399 e. The molecule has 1 saturated heterocycles. The van der Waals surface area contributed by atoms with Gasteiger partial charge in [-0.3, -0.25) is 4.55 Å². The fourth-order valence-corrected chi connectivity index (χ4v) is 3.32. The number of rotatable bonds is 2. The summed E-state index contributed by atoms with van der Waals surface area (Å²) in [4.78, 5) is -0.130. The Bertz CT molecular complexity index is 1020. The van der Waals surface area contributed by atoms with Crippen molar-refractivity contribution in [3.63, 3.8) is 0 Å². The molecular formula is C18H19N3O4S. The molecule has 1 atom stereocenters. The quantitative estimate of drug-likeness (QED) is 0.307. The van der Waals surface area contributed by atoms with Gasteiger partial charge in [0.1, 0.15) is 11.0 Å². The smallest absolute Gasteiger partial charge is 0.295 e. The molecule has 0 radical (unpaired) electrons. The van der Waals surface area contributed by atoms with E-state index in [-0.39, 0.29) is 11.0 Å². The number of epoxide rings is 1. The highest BCUT2D eigenvalue weighted by molar-refractivity contribution is 7.86. The lowest BCUT2D eigenvalue weighted by Crippen LogP contribution is -2.00. The van der Waals surface area contributed by atoms with Crippen molar-refractivity contribution < 1.29 is 17.7 Å². The second kappa shape index (κ2) is 6.83. The van der Waals surface area contributed by atoms with Crippen molar-refractivity contribution in [2.75, 3.05) is 23.8 Å². The molecule has 1 aliphatic rings. The highest BCUT2D eigenvalue weighted by Gasteiger charge is 2.28. The average molecular weight is 373 g/mol. The van der Waals surface area contributed by atoms with Crippen LogP contribution in [0.5, 0.6) is 0 Å². The van der Waals surface area contributed by atoms with E-state index in [1.54, 1.807) is 48.5 Å². The summed E-state index contributed by atoms with van der Waals surface area (Å²) >= 11 is 0. The van der Waals surface area contributed by atoms with Crippen LogP contribution in [0.15, 0.2) is 59.5 Å².